The average molecular weight is 457 g/mol. The SMILES string of the molecule is CN[C@@H]1CN(c2ccc(N3CCc4cc(-c5ccc(Cl)cc5)sc4C3=O)cn2)C[C@@H]1F. The predicted octanol–water partition coefficient (Wildman–Crippen LogP) is 4.41. The normalized spacial score (nSPS) is 20.9. The van der Waals surface area contributed by atoms with E-state index in [1.165, 1.54) is 11.3 Å². The van der Waals surface area contributed by atoms with Gasteiger partial charge in [-0.2, -0.15) is 0 Å². The van der Waals surface area contributed by atoms with Gasteiger partial charge < -0.3 is 15.1 Å². The Morgan fingerprint density at radius 2 is 2.00 bits per heavy atom. The molecule has 2 atom stereocenters. The van der Waals surface area contributed by atoms with Crippen molar-refractivity contribution < 1.29 is 9.18 Å². The van der Waals surface area contributed by atoms with Crippen LogP contribution in [0.15, 0.2) is 48.7 Å². The number of carbonyl (C=O) groups excluding carboxylic acids is 1. The van der Waals surface area contributed by atoms with Crippen LogP contribution >= 0.6 is 22.9 Å². The van der Waals surface area contributed by atoms with Crippen molar-refractivity contribution in [2.24, 2.45) is 0 Å². The molecule has 4 heterocycles. The Hall–Kier alpha value is -2.48. The number of carbonyl (C=O) groups is 1. The molecule has 1 fully saturated rings. The Bertz CT molecular complexity index is 1100. The number of likely N-dealkylation sites (N-methyl/N-ethyl adjacent to an activating group) is 1. The first-order valence-electron chi connectivity index (χ1n) is 10.3. The van der Waals surface area contributed by atoms with E-state index < -0.39 is 6.17 Å². The summed E-state index contributed by atoms with van der Waals surface area (Å²) >= 11 is 7.51. The largest absolute Gasteiger partial charge is 0.352 e. The second-order valence-corrected chi connectivity index (χ2v) is 9.36. The molecule has 1 aromatic carbocycles. The van der Waals surface area contributed by atoms with Gasteiger partial charge in [-0.1, -0.05) is 23.7 Å². The highest BCUT2D eigenvalue weighted by Gasteiger charge is 2.33. The number of aromatic nitrogens is 1. The standard InChI is InChI=1S/C23H22ClFN4OS/c1-26-19-13-28(12-18(19)25)21-7-6-17(11-27-21)29-9-8-15-10-20(31-22(15)23(29)30)14-2-4-16(24)5-3-14/h2-7,10-11,18-19,26H,8-9,12-13H2,1H3/t18-,19+/m0/s1. The molecule has 8 heteroatoms. The van der Waals surface area contributed by atoms with Crippen molar-refractivity contribution in [3.05, 3.63) is 64.1 Å². The van der Waals surface area contributed by atoms with E-state index in [4.69, 9.17) is 11.6 Å². The van der Waals surface area contributed by atoms with Crippen molar-refractivity contribution in [2.75, 3.05) is 36.5 Å². The van der Waals surface area contributed by atoms with Crippen molar-refractivity contribution in [1.82, 2.24) is 10.3 Å². The summed E-state index contributed by atoms with van der Waals surface area (Å²) in [5.74, 6) is 0.733. The minimum Gasteiger partial charge on any atom is -0.352 e. The van der Waals surface area contributed by atoms with Crippen molar-refractivity contribution in [1.29, 1.82) is 0 Å². The maximum Gasteiger partial charge on any atom is 0.268 e. The van der Waals surface area contributed by atoms with Gasteiger partial charge in [-0.25, -0.2) is 9.37 Å². The molecular formula is C23H22ClFN4OS. The molecule has 2 aromatic heterocycles. The van der Waals surface area contributed by atoms with Crippen molar-refractivity contribution >= 4 is 40.4 Å². The Labute approximate surface area is 189 Å². The summed E-state index contributed by atoms with van der Waals surface area (Å²) in [6, 6.07) is 13.4. The molecule has 5 nitrogen and oxygen atoms in total. The number of hydrogen-bond donors (Lipinski definition) is 1. The van der Waals surface area contributed by atoms with Crippen LogP contribution in [0.1, 0.15) is 15.2 Å². The van der Waals surface area contributed by atoms with Gasteiger partial charge in [-0.3, -0.25) is 4.79 Å². The monoisotopic (exact) mass is 456 g/mol. The molecule has 3 aromatic rings. The summed E-state index contributed by atoms with van der Waals surface area (Å²) in [6.07, 6.45) is 1.60. The van der Waals surface area contributed by atoms with E-state index in [0.29, 0.717) is 24.7 Å². The lowest BCUT2D eigenvalue weighted by atomic mass is 10.1. The molecule has 2 aliphatic rings. The molecule has 31 heavy (non-hydrogen) atoms. The van der Waals surface area contributed by atoms with Crippen molar-refractivity contribution in [3.63, 3.8) is 0 Å². The number of alkyl halides is 1. The van der Waals surface area contributed by atoms with Crippen molar-refractivity contribution in [3.8, 4) is 10.4 Å². The van der Waals surface area contributed by atoms with Crippen molar-refractivity contribution in [2.45, 2.75) is 18.6 Å². The Morgan fingerprint density at radius 3 is 2.68 bits per heavy atom. The third-order valence-corrected chi connectivity index (χ3v) is 7.44. The summed E-state index contributed by atoms with van der Waals surface area (Å²) in [6.45, 7) is 1.52. The molecule has 5 rings (SSSR count). The van der Waals surface area contributed by atoms with Crippen LogP contribution in [-0.4, -0.2) is 49.8 Å². The zero-order valence-electron chi connectivity index (χ0n) is 17.0. The Kier molecular flexibility index (Phi) is 5.42. The number of hydrogen-bond acceptors (Lipinski definition) is 5. The van der Waals surface area contributed by atoms with Crippen LogP contribution < -0.4 is 15.1 Å². The fraction of sp³-hybridized carbons (Fsp3) is 0.304. The van der Waals surface area contributed by atoms with Crippen LogP contribution in [0, 0.1) is 0 Å². The number of nitrogens with one attached hydrogen (secondary N) is 1. The fourth-order valence-corrected chi connectivity index (χ4v) is 5.49. The van der Waals surface area contributed by atoms with Gasteiger partial charge in [-0.15, -0.1) is 11.3 Å². The minimum atomic E-state index is -0.915. The number of fused-ring (bicyclic) bond motifs is 1. The molecule has 2 aliphatic heterocycles. The van der Waals surface area contributed by atoms with E-state index in [-0.39, 0.29) is 11.9 Å². The second-order valence-electron chi connectivity index (χ2n) is 7.87. The van der Waals surface area contributed by atoms with E-state index in [1.54, 1.807) is 18.1 Å². The molecule has 0 aliphatic carbocycles. The zero-order chi connectivity index (χ0) is 21.5. The van der Waals surface area contributed by atoms with Gasteiger partial charge in [-0.05, 0) is 54.9 Å². The van der Waals surface area contributed by atoms with E-state index >= 15 is 0 Å². The number of halogens is 2. The first kappa shape index (κ1) is 20.4. The topological polar surface area (TPSA) is 48.5 Å². The van der Waals surface area contributed by atoms with E-state index in [2.05, 4.69) is 16.4 Å². The van der Waals surface area contributed by atoms with Gasteiger partial charge in [0.1, 0.15) is 12.0 Å². The Morgan fingerprint density at radius 1 is 1.19 bits per heavy atom. The highest BCUT2D eigenvalue weighted by atomic mass is 35.5. The summed E-state index contributed by atoms with van der Waals surface area (Å²) in [4.78, 5) is 23.3. The molecule has 1 amide bonds. The van der Waals surface area contributed by atoms with Crippen LogP contribution in [0.5, 0.6) is 0 Å². The molecular weight excluding hydrogens is 435 g/mol. The summed E-state index contributed by atoms with van der Waals surface area (Å²) in [5.41, 5.74) is 2.91. The van der Waals surface area contributed by atoms with Gasteiger partial charge in [0.25, 0.3) is 5.91 Å². The van der Waals surface area contributed by atoms with Crippen LogP contribution in [0.4, 0.5) is 15.9 Å². The number of pyridine rings is 1. The third kappa shape index (κ3) is 3.82. The molecule has 0 unspecified atom stereocenters. The van der Waals surface area contributed by atoms with Crippen LogP contribution in [0.2, 0.25) is 5.02 Å². The van der Waals surface area contributed by atoms with Crippen LogP contribution in [0.3, 0.4) is 0 Å². The second kappa shape index (κ2) is 8.22. The molecule has 0 spiro atoms. The van der Waals surface area contributed by atoms with Gasteiger partial charge in [0.15, 0.2) is 0 Å². The van der Waals surface area contributed by atoms with Gasteiger partial charge in [0.05, 0.1) is 29.3 Å². The molecule has 1 saturated heterocycles. The lowest BCUT2D eigenvalue weighted by molar-refractivity contribution is 0.0985. The predicted molar refractivity (Wildman–Crippen MR) is 124 cm³/mol. The quantitative estimate of drug-likeness (QED) is 0.631. The lowest BCUT2D eigenvalue weighted by Gasteiger charge is -2.27. The van der Waals surface area contributed by atoms with Gasteiger partial charge >= 0.3 is 0 Å². The maximum absolute atomic E-state index is 14.0. The number of benzene rings is 1. The smallest absolute Gasteiger partial charge is 0.268 e. The number of rotatable bonds is 4. The summed E-state index contributed by atoms with van der Waals surface area (Å²) in [5, 5.41) is 3.70. The van der Waals surface area contributed by atoms with E-state index in [1.807, 2.05) is 41.3 Å². The highest BCUT2D eigenvalue weighted by Crippen LogP contribution is 2.36. The lowest BCUT2D eigenvalue weighted by Crippen LogP contribution is -2.36. The third-order valence-electron chi connectivity index (χ3n) is 5.97. The zero-order valence-corrected chi connectivity index (χ0v) is 18.6. The fourth-order valence-electron chi connectivity index (χ4n) is 4.20. The number of amides is 1. The highest BCUT2D eigenvalue weighted by molar-refractivity contribution is 7.17. The molecule has 0 bridgehead atoms. The first-order valence-corrected chi connectivity index (χ1v) is 11.5. The minimum absolute atomic E-state index is 0.00116. The Balaban J connectivity index is 1.35. The molecule has 0 radical (unpaired) electrons. The average Bonchev–Trinajstić information content (AvgIpc) is 3.39. The first-order chi connectivity index (χ1) is 15.0. The van der Waals surface area contributed by atoms with Crippen LogP contribution in [-0.2, 0) is 6.42 Å². The maximum atomic E-state index is 14.0. The number of thiophene rings is 1. The summed E-state index contributed by atoms with van der Waals surface area (Å²) < 4.78 is 14.0. The molecule has 0 saturated carbocycles. The molecule has 1 N–H and O–H groups in total. The number of anilines is 2. The van der Waals surface area contributed by atoms with E-state index in [0.717, 1.165) is 38.8 Å². The number of nitrogens with zero attached hydrogens (tertiary/aromatic N) is 3. The van der Waals surface area contributed by atoms with E-state index in [9.17, 15) is 9.18 Å². The van der Waals surface area contributed by atoms with Gasteiger partial charge in [0, 0.05) is 23.0 Å². The molecule has 160 valence electrons. The van der Waals surface area contributed by atoms with Gasteiger partial charge in [0.2, 0.25) is 0 Å². The summed E-state index contributed by atoms with van der Waals surface area (Å²) in [7, 11) is 1.77. The van der Waals surface area contributed by atoms with Crippen LogP contribution in [0.25, 0.3) is 10.4 Å².